The summed E-state index contributed by atoms with van der Waals surface area (Å²) in [6.45, 7) is 4.31. The summed E-state index contributed by atoms with van der Waals surface area (Å²) in [6.07, 6.45) is -2.92. The highest BCUT2D eigenvalue weighted by Gasteiger charge is 2.37. The molecule has 0 saturated heterocycles. The highest BCUT2D eigenvalue weighted by molar-refractivity contribution is 7.88. The Labute approximate surface area is 217 Å². The summed E-state index contributed by atoms with van der Waals surface area (Å²) < 4.78 is 68.1. The second-order valence-electron chi connectivity index (χ2n) is 10.1. The van der Waals surface area contributed by atoms with Crippen LogP contribution in [0.25, 0.3) is 0 Å². The quantitative estimate of drug-likeness (QED) is 0.310. The number of sulfonamides is 1. The first kappa shape index (κ1) is 27.2. The second-order valence-corrected chi connectivity index (χ2v) is 11.9. The molecule has 0 bridgehead atoms. The van der Waals surface area contributed by atoms with E-state index in [9.17, 15) is 21.6 Å². The lowest BCUT2D eigenvalue weighted by Crippen LogP contribution is -2.33. The predicted octanol–water partition coefficient (Wildman–Crippen LogP) is 7.13. The van der Waals surface area contributed by atoms with Crippen LogP contribution in [0.3, 0.4) is 0 Å². The third-order valence-corrected chi connectivity index (χ3v) is 8.57. The lowest BCUT2D eigenvalue weighted by atomic mass is 9.73. The van der Waals surface area contributed by atoms with E-state index in [4.69, 9.17) is 0 Å². The minimum absolute atomic E-state index is 0.0433. The topological polar surface area (TPSA) is 58.2 Å². The molecule has 0 aliphatic carbocycles. The van der Waals surface area contributed by atoms with Crippen molar-refractivity contribution in [3.63, 3.8) is 0 Å². The molecule has 1 aliphatic heterocycles. The van der Waals surface area contributed by atoms with Crippen molar-refractivity contribution < 1.29 is 21.6 Å². The highest BCUT2D eigenvalue weighted by atomic mass is 32.2. The van der Waals surface area contributed by atoms with Crippen molar-refractivity contribution in [3.8, 4) is 0 Å². The summed E-state index contributed by atoms with van der Waals surface area (Å²) in [6, 6.07) is 22.8. The summed E-state index contributed by atoms with van der Waals surface area (Å²) in [5.41, 5.74) is 2.57. The minimum Gasteiger partial charge on any atom is -0.378 e. The van der Waals surface area contributed by atoms with Gasteiger partial charge in [-0.05, 0) is 65.5 Å². The monoisotopic (exact) mass is 530 g/mol. The van der Waals surface area contributed by atoms with Crippen molar-refractivity contribution in [3.05, 3.63) is 101 Å². The lowest BCUT2D eigenvalue weighted by Gasteiger charge is -2.40. The molecule has 0 unspecified atom stereocenters. The number of anilines is 1. The van der Waals surface area contributed by atoms with Gasteiger partial charge in [0.1, 0.15) is 0 Å². The predicted molar refractivity (Wildman–Crippen MR) is 142 cm³/mol. The van der Waals surface area contributed by atoms with Gasteiger partial charge in [-0.3, -0.25) is 0 Å². The molecule has 2 N–H and O–H groups in total. The number of hydrogen-bond donors (Lipinski definition) is 2. The average Bonchev–Trinajstić information content (AvgIpc) is 2.87. The SMILES string of the molecule is C[C@H](CC[C@@H]1[C@H](C)c2cc(C(F)(F)F)ccc2N[C@H]1c1ccccc1)CNS(=O)(=O)Cc1ccccc1. The Kier molecular flexibility index (Phi) is 8.29. The molecule has 198 valence electrons. The zero-order valence-corrected chi connectivity index (χ0v) is 21.8. The Morgan fingerprint density at radius 3 is 2.27 bits per heavy atom. The van der Waals surface area contributed by atoms with Crippen molar-refractivity contribution >= 4 is 15.7 Å². The molecule has 0 saturated carbocycles. The van der Waals surface area contributed by atoms with Crippen LogP contribution in [-0.4, -0.2) is 15.0 Å². The molecular weight excluding hydrogens is 497 g/mol. The fourth-order valence-corrected chi connectivity index (χ4v) is 6.41. The van der Waals surface area contributed by atoms with Gasteiger partial charge < -0.3 is 5.32 Å². The van der Waals surface area contributed by atoms with E-state index in [1.165, 1.54) is 12.1 Å². The summed E-state index contributed by atoms with van der Waals surface area (Å²) in [4.78, 5) is 0. The van der Waals surface area contributed by atoms with Crippen LogP contribution in [0.2, 0.25) is 0 Å². The highest BCUT2D eigenvalue weighted by Crippen LogP contribution is 2.48. The summed E-state index contributed by atoms with van der Waals surface area (Å²) >= 11 is 0. The summed E-state index contributed by atoms with van der Waals surface area (Å²) in [7, 11) is -3.47. The maximum absolute atomic E-state index is 13.4. The van der Waals surface area contributed by atoms with Gasteiger partial charge in [0, 0.05) is 12.2 Å². The third-order valence-electron chi connectivity index (χ3n) is 7.25. The van der Waals surface area contributed by atoms with Crippen LogP contribution in [0.1, 0.15) is 60.9 Å². The van der Waals surface area contributed by atoms with E-state index in [-0.39, 0.29) is 29.5 Å². The van der Waals surface area contributed by atoms with Crippen LogP contribution in [0.5, 0.6) is 0 Å². The van der Waals surface area contributed by atoms with E-state index >= 15 is 0 Å². The molecule has 0 amide bonds. The number of nitrogens with one attached hydrogen (secondary N) is 2. The Morgan fingerprint density at radius 2 is 1.62 bits per heavy atom. The summed E-state index contributed by atoms with van der Waals surface area (Å²) in [5.74, 6) is -0.0667. The molecule has 1 aliphatic rings. The average molecular weight is 531 g/mol. The Bertz CT molecular complexity index is 1280. The number of benzene rings is 3. The van der Waals surface area contributed by atoms with E-state index in [2.05, 4.69) is 10.0 Å². The van der Waals surface area contributed by atoms with E-state index in [0.29, 0.717) is 12.1 Å². The molecule has 4 atom stereocenters. The number of hydrogen-bond acceptors (Lipinski definition) is 3. The van der Waals surface area contributed by atoms with Gasteiger partial charge in [0.15, 0.2) is 0 Å². The first-order chi connectivity index (χ1) is 17.5. The summed E-state index contributed by atoms with van der Waals surface area (Å²) in [5, 5.41) is 3.50. The maximum Gasteiger partial charge on any atom is 0.416 e. The first-order valence-electron chi connectivity index (χ1n) is 12.6. The number of rotatable bonds is 9. The molecule has 1 heterocycles. The van der Waals surface area contributed by atoms with Crippen molar-refractivity contribution in [2.24, 2.45) is 11.8 Å². The molecule has 8 heteroatoms. The van der Waals surface area contributed by atoms with Gasteiger partial charge in [0.2, 0.25) is 10.0 Å². The van der Waals surface area contributed by atoms with Crippen LogP contribution in [-0.2, 0) is 22.0 Å². The van der Waals surface area contributed by atoms with Crippen molar-refractivity contribution in [2.75, 3.05) is 11.9 Å². The smallest absolute Gasteiger partial charge is 0.378 e. The van der Waals surface area contributed by atoms with Gasteiger partial charge in [-0.15, -0.1) is 0 Å². The van der Waals surface area contributed by atoms with Gasteiger partial charge in [0.05, 0.1) is 17.4 Å². The van der Waals surface area contributed by atoms with Crippen LogP contribution < -0.4 is 10.0 Å². The van der Waals surface area contributed by atoms with Crippen LogP contribution in [0.4, 0.5) is 18.9 Å². The van der Waals surface area contributed by atoms with Crippen LogP contribution in [0, 0.1) is 11.8 Å². The molecule has 0 aromatic heterocycles. The van der Waals surface area contributed by atoms with Gasteiger partial charge in [-0.25, -0.2) is 13.1 Å². The molecule has 0 spiro atoms. The fourth-order valence-electron chi connectivity index (χ4n) is 5.14. The molecule has 0 radical (unpaired) electrons. The maximum atomic E-state index is 13.4. The Morgan fingerprint density at radius 1 is 0.973 bits per heavy atom. The van der Waals surface area contributed by atoms with E-state index < -0.39 is 21.8 Å². The van der Waals surface area contributed by atoms with E-state index in [1.54, 1.807) is 12.1 Å². The molecule has 4 rings (SSSR count). The largest absolute Gasteiger partial charge is 0.416 e. The zero-order chi connectivity index (χ0) is 26.6. The minimum atomic E-state index is -4.40. The number of halogens is 3. The standard InChI is InChI=1S/C29H33F3N2O2S/c1-20(18-33-37(35,36)19-22-9-5-3-6-10-22)13-15-25-21(2)26-17-24(29(30,31)32)14-16-27(26)34-28(25)23-11-7-4-8-12-23/h3-12,14,16-17,20-21,25,28,33-34H,13,15,18-19H2,1-2H3/t20-,21+,25-,28+/m1/s1. The normalized spacial score (nSPS) is 20.6. The first-order valence-corrected chi connectivity index (χ1v) is 14.2. The van der Waals surface area contributed by atoms with Crippen LogP contribution >= 0.6 is 0 Å². The lowest BCUT2D eigenvalue weighted by molar-refractivity contribution is -0.137. The fraction of sp³-hybridized carbons (Fsp3) is 0.379. The molecule has 0 fully saturated rings. The zero-order valence-electron chi connectivity index (χ0n) is 21.0. The van der Waals surface area contributed by atoms with Crippen molar-refractivity contribution in [2.45, 2.75) is 50.6 Å². The van der Waals surface area contributed by atoms with Gasteiger partial charge in [0.25, 0.3) is 0 Å². The third kappa shape index (κ3) is 6.93. The molecule has 3 aromatic carbocycles. The molecule has 4 nitrogen and oxygen atoms in total. The van der Waals surface area contributed by atoms with Crippen molar-refractivity contribution in [1.29, 1.82) is 0 Å². The van der Waals surface area contributed by atoms with E-state index in [0.717, 1.165) is 35.7 Å². The number of fused-ring (bicyclic) bond motifs is 1. The number of alkyl halides is 3. The molecule has 3 aromatic rings. The van der Waals surface area contributed by atoms with E-state index in [1.807, 2.05) is 62.4 Å². The van der Waals surface area contributed by atoms with Crippen molar-refractivity contribution in [1.82, 2.24) is 4.72 Å². The Balaban J connectivity index is 1.47. The van der Waals surface area contributed by atoms with Gasteiger partial charge in [-0.2, -0.15) is 13.2 Å². The molecule has 37 heavy (non-hydrogen) atoms. The molecular formula is C29H33F3N2O2S. The van der Waals surface area contributed by atoms with Gasteiger partial charge in [-0.1, -0.05) is 74.5 Å². The second kappa shape index (κ2) is 11.3. The van der Waals surface area contributed by atoms with Crippen LogP contribution in [0.15, 0.2) is 78.9 Å². The van der Waals surface area contributed by atoms with Gasteiger partial charge >= 0.3 is 6.18 Å². The Hall–Kier alpha value is -2.84.